The molecule has 0 radical (unpaired) electrons. The number of aromatic amines is 1. The zero-order chi connectivity index (χ0) is 22.1. The van der Waals surface area contributed by atoms with Gasteiger partial charge >= 0.3 is 5.69 Å². The molecule has 168 valence electrons. The van der Waals surface area contributed by atoms with Crippen molar-refractivity contribution < 1.29 is 19.3 Å². The van der Waals surface area contributed by atoms with Gasteiger partial charge in [-0.05, 0) is 25.3 Å². The molecule has 4 atom stereocenters. The van der Waals surface area contributed by atoms with Gasteiger partial charge in [0.05, 0.1) is 13.2 Å². The maximum atomic E-state index is 12.5. The van der Waals surface area contributed by atoms with Gasteiger partial charge in [-0.3, -0.25) is 14.3 Å². The molecule has 30 heavy (non-hydrogen) atoms. The van der Waals surface area contributed by atoms with E-state index in [1.807, 2.05) is 13.8 Å². The number of ether oxygens (including phenoxy) is 3. The van der Waals surface area contributed by atoms with Crippen LogP contribution in [0.4, 0.5) is 0 Å². The van der Waals surface area contributed by atoms with Gasteiger partial charge in [0, 0.05) is 29.9 Å². The Hall–Kier alpha value is -2.17. The van der Waals surface area contributed by atoms with Crippen molar-refractivity contribution in [2.24, 2.45) is 5.11 Å². The quantitative estimate of drug-likeness (QED) is 0.225. The molecule has 2 rings (SSSR count). The number of azide groups is 1. The summed E-state index contributed by atoms with van der Waals surface area (Å²) in [5.74, 6) is 0. The topological polar surface area (TPSA) is 152 Å². The Morgan fingerprint density at radius 2 is 2.03 bits per heavy atom. The lowest BCUT2D eigenvalue weighted by Crippen LogP contribution is -2.51. The lowest BCUT2D eigenvalue weighted by molar-refractivity contribution is -0.171. The predicted octanol–water partition coefficient (Wildman–Crippen LogP) is 1.79. The molecular weight excluding hydrogens is 394 g/mol. The van der Waals surface area contributed by atoms with Gasteiger partial charge in [-0.25, -0.2) is 4.79 Å². The Kier molecular flexibility index (Phi) is 9.07. The van der Waals surface area contributed by atoms with Crippen molar-refractivity contribution in [1.82, 2.24) is 9.55 Å². The first kappa shape index (κ1) is 24.1. The fourth-order valence-electron chi connectivity index (χ4n) is 3.40. The molecule has 11 heteroatoms. The minimum Gasteiger partial charge on any atom is -0.393 e. The van der Waals surface area contributed by atoms with E-state index in [1.165, 1.54) is 6.20 Å². The van der Waals surface area contributed by atoms with E-state index >= 15 is 0 Å². The zero-order valence-electron chi connectivity index (χ0n) is 17.7. The van der Waals surface area contributed by atoms with Gasteiger partial charge in [0.2, 0.25) is 0 Å². The average Bonchev–Trinajstić information content (AvgIpc) is 3.02. The first-order chi connectivity index (χ1) is 14.4. The van der Waals surface area contributed by atoms with E-state index in [-0.39, 0.29) is 6.61 Å². The molecule has 1 fully saturated rings. The third kappa shape index (κ3) is 5.30. The SMILES string of the molecule is CCCCOC[C@@]1(CO)O[C@@H](n2cc(C)c(=O)[nH]c2=O)[C@@H](N=[N+]=[N-])C1OCCCC. The van der Waals surface area contributed by atoms with Crippen LogP contribution in [0.5, 0.6) is 0 Å². The number of unbranched alkanes of at least 4 members (excludes halogenated alkanes) is 2. The summed E-state index contributed by atoms with van der Waals surface area (Å²) in [5, 5.41) is 14.1. The van der Waals surface area contributed by atoms with Crippen molar-refractivity contribution in [2.75, 3.05) is 26.4 Å². The molecule has 11 nitrogen and oxygen atoms in total. The highest BCUT2D eigenvalue weighted by molar-refractivity contribution is 5.08. The molecule has 1 aromatic heterocycles. The van der Waals surface area contributed by atoms with Crippen LogP contribution in [-0.4, -0.2) is 58.8 Å². The van der Waals surface area contributed by atoms with Gasteiger partial charge in [0.15, 0.2) is 0 Å². The lowest BCUT2D eigenvalue weighted by atomic mass is 9.95. The molecule has 0 saturated carbocycles. The van der Waals surface area contributed by atoms with E-state index in [2.05, 4.69) is 15.0 Å². The van der Waals surface area contributed by atoms with Gasteiger partial charge in [-0.1, -0.05) is 31.8 Å². The number of rotatable bonds is 12. The summed E-state index contributed by atoms with van der Waals surface area (Å²) in [6.07, 6.45) is 2.87. The molecule has 0 aromatic carbocycles. The molecule has 1 saturated heterocycles. The number of H-pyrrole nitrogens is 1. The molecule has 1 aliphatic heterocycles. The van der Waals surface area contributed by atoms with E-state index in [1.54, 1.807) is 6.92 Å². The summed E-state index contributed by atoms with van der Waals surface area (Å²) in [6.45, 7) is 5.98. The van der Waals surface area contributed by atoms with Crippen LogP contribution in [0.25, 0.3) is 10.4 Å². The summed E-state index contributed by atoms with van der Waals surface area (Å²) in [7, 11) is 0. The van der Waals surface area contributed by atoms with Crippen molar-refractivity contribution in [3.63, 3.8) is 0 Å². The van der Waals surface area contributed by atoms with Crippen molar-refractivity contribution in [3.8, 4) is 0 Å². The average molecular weight is 425 g/mol. The van der Waals surface area contributed by atoms with E-state index in [4.69, 9.17) is 19.7 Å². The highest BCUT2D eigenvalue weighted by Gasteiger charge is 2.56. The standard InChI is InChI=1S/C19H31N5O6/c1-4-6-8-28-12-19(11-25)15(29-9-7-5-2)14(22-23-20)17(30-19)24-10-13(3)16(26)21-18(24)27/h10,14-15,17,25H,4-9,11-12H2,1-3H3,(H,21,26,27)/t14-,15?,17+,19+/m0/s1. The van der Waals surface area contributed by atoms with Crippen molar-refractivity contribution in [1.29, 1.82) is 0 Å². The Morgan fingerprint density at radius 3 is 2.67 bits per heavy atom. The van der Waals surface area contributed by atoms with E-state index in [9.17, 15) is 14.7 Å². The Morgan fingerprint density at radius 1 is 1.33 bits per heavy atom. The number of hydrogen-bond donors (Lipinski definition) is 2. The monoisotopic (exact) mass is 425 g/mol. The summed E-state index contributed by atoms with van der Waals surface area (Å²) in [6, 6.07) is -0.947. The first-order valence-corrected chi connectivity index (χ1v) is 10.3. The van der Waals surface area contributed by atoms with Crippen LogP contribution < -0.4 is 11.2 Å². The summed E-state index contributed by atoms with van der Waals surface area (Å²) in [4.78, 5) is 29.3. The zero-order valence-corrected chi connectivity index (χ0v) is 17.7. The van der Waals surface area contributed by atoms with Crippen molar-refractivity contribution in [2.45, 2.75) is 70.4 Å². The van der Waals surface area contributed by atoms with Gasteiger partial charge in [-0.2, -0.15) is 0 Å². The second kappa shape index (κ2) is 11.3. The van der Waals surface area contributed by atoms with Crippen molar-refractivity contribution in [3.05, 3.63) is 43.0 Å². The Labute approximate surface area is 174 Å². The van der Waals surface area contributed by atoms with Crippen LogP contribution in [0, 0.1) is 6.92 Å². The molecule has 1 aromatic rings. The number of aliphatic hydroxyl groups excluding tert-OH is 1. The number of aryl methyl sites for hydroxylation is 1. The number of aliphatic hydroxyl groups is 1. The third-order valence-corrected chi connectivity index (χ3v) is 5.13. The maximum absolute atomic E-state index is 12.5. The van der Waals surface area contributed by atoms with Crippen LogP contribution >= 0.6 is 0 Å². The predicted molar refractivity (Wildman–Crippen MR) is 109 cm³/mol. The molecule has 2 heterocycles. The van der Waals surface area contributed by atoms with E-state index in [0.717, 1.165) is 30.3 Å². The molecule has 0 bridgehead atoms. The Bertz CT molecular complexity index is 849. The van der Waals surface area contributed by atoms with E-state index in [0.29, 0.717) is 18.8 Å². The summed E-state index contributed by atoms with van der Waals surface area (Å²) >= 11 is 0. The second-order valence-electron chi connectivity index (χ2n) is 7.46. The Balaban J connectivity index is 2.47. The van der Waals surface area contributed by atoms with Gasteiger partial charge in [0.25, 0.3) is 5.56 Å². The second-order valence-corrected chi connectivity index (χ2v) is 7.46. The molecule has 0 amide bonds. The molecule has 0 spiro atoms. The van der Waals surface area contributed by atoms with E-state index < -0.39 is 41.8 Å². The number of nitrogens with one attached hydrogen (secondary N) is 1. The molecule has 1 aliphatic rings. The number of aromatic nitrogens is 2. The highest BCUT2D eigenvalue weighted by Crippen LogP contribution is 2.41. The molecule has 0 aliphatic carbocycles. The summed E-state index contributed by atoms with van der Waals surface area (Å²) in [5.41, 5.74) is 6.90. The fraction of sp³-hybridized carbons (Fsp3) is 0.789. The molecular formula is C19H31N5O6. The van der Waals surface area contributed by atoms with Crippen molar-refractivity contribution >= 4 is 0 Å². The third-order valence-electron chi connectivity index (χ3n) is 5.13. The van der Waals surface area contributed by atoms with Gasteiger partial charge in [0.1, 0.15) is 24.0 Å². The van der Waals surface area contributed by atoms with Crippen LogP contribution in [0.2, 0.25) is 0 Å². The lowest BCUT2D eigenvalue weighted by Gasteiger charge is -2.33. The largest absolute Gasteiger partial charge is 0.393 e. The molecule has 2 N–H and O–H groups in total. The van der Waals surface area contributed by atoms with Crippen LogP contribution in [0.15, 0.2) is 20.9 Å². The minimum absolute atomic E-state index is 0.00528. The summed E-state index contributed by atoms with van der Waals surface area (Å²) < 4.78 is 19.0. The normalized spacial score (nSPS) is 25.9. The minimum atomic E-state index is -1.32. The number of hydrogen-bond acceptors (Lipinski definition) is 7. The first-order valence-electron chi connectivity index (χ1n) is 10.3. The van der Waals surface area contributed by atoms with Gasteiger partial charge in [-0.15, -0.1) is 0 Å². The maximum Gasteiger partial charge on any atom is 0.330 e. The highest BCUT2D eigenvalue weighted by atomic mass is 16.6. The van der Waals surface area contributed by atoms with Crippen LogP contribution in [0.3, 0.4) is 0 Å². The molecule has 1 unspecified atom stereocenters. The van der Waals surface area contributed by atoms with Crippen LogP contribution in [-0.2, 0) is 14.2 Å². The fourth-order valence-corrected chi connectivity index (χ4v) is 3.40. The van der Waals surface area contributed by atoms with Crippen LogP contribution in [0.1, 0.15) is 51.3 Å². The smallest absolute Gasteiger partial charge is 0.330 e. The van der Waals surface area contributed by atoms with Gasteiger partial charge < -0.3 is 19.3 Å². The number of nitrogens with zero attached hydrogens (tertiary/aromatic N) is 4.